The highest BCUT2D eigenvalue weighted by atomic mass is 16.1. The second kappa shape index (κ2) is 7.44. The molecular formula is C21H25N7O. The number of aromatic amines is 1. The van der Waals surface area contributed by atoms with Crippen molar-refractivity contribution in [2.45, 2.75) is 32.4 Å². The standard InChI is InChI=1S/C21H25N7O/c1-2-22-21-25-8-15(9-26-21)11-27-10-14-7-16(13-27)18-4-3-17(19-23-5-6-24-19)20(29)28(18)12-14/h3-6,8-9,14,16H,2,7,10-13H2,1H3,(H,23,24)(H,22,25,26)/t14-,16+/m0/s1. The summed E-state index contributed by atoms with van der Waals surface area (Å²) in [5.41, 5.74) is 2.98. The molecule has 2 atom stereocenters. The Hall–Kier alpha value is -3.00. The molecule has 2 N–H and O–H groups in total. The number of H-pyrrole nitrogens is 1. The number of rotatable bonds is 5. The minimum Gasteiger partial charge on any atom is -0.355 e. The fourth-order valence-corrected chi connectivity index (χ4v) is 4.71. The van der Waals surface area contributed by atoms with Crippen LogP contribution < -0.4 is 10.9 Å². The molecule has 5 rings (SSSR count). The summed E-state index contributed by atoms with van der Waals surface area (Å²) in [4.78, 5) is 31.6. The Morgan fingerprint density at radius 2 is 2.03 bits per heavy atom. The molecule has 3 aromatic heterocycles. The van der Waals surface area contributed by atoms with Gasteiger partial charge in [0.15, 0.2) is 0 Å². The average Bonchev–Trinajstić information content (AvgIpc) is 3.25. The zero-order chi connectivity index (χ0) is 19.8. The van der Waals surface area contributed by atoms with E-state index in [-0.39, 0.29) is 5.56 Å². The fraction of sp³-hybridized carbons (Fsp3) is 0.429. The van der Waals surface area contributed by atoms with Crippen LogP contribution in [0.15, 0.2) is 41.7 Å². The highest BCUT2D eigenvalue weighted by Gasteiger charge is 2.35. The van der Waals surface area contributed by atoms with Gasteiger partial charge in [-0.1, -0.05) is 0 Å². The quantitative estimate of drug-likeness (QED) is 0.692. The van der Waals surface area contributed by atoms with E-state index in [1.54, 1.807) is 12.4 Å². The van der Waals surface area contributed by atoms with Crippen LogP contribution in [0.5, 0.6) is 0 Å². The van der Waals surface area contributed by atoms with Crippen LogP contribution in [0.1, 0.15) is 30.5 Å². The number of pyridine rings is 1. The predicted molar refractivity (Wildman–Crippen MR) is 111 cm³/mol. The van der Waals surface area contributed by atoms with Gasteiger partial charge in [-0.25, -0.2) is 15.0 Å². The molecule has 0 unspecified atom stereocenters. The van der Waals surface area contributed by atoms with Gasteiger partial charge in [-0.2, -0.15) is 0 Å². The van der Waals surface area contributed by atoms with Crippen LogP contribution in [-0.4, -0.2) is 49.0 Å². The van der Waals surface area contributed by atoms with Crippen LogP contribution in [0, 0.1) is 5.92 Å². The van der Waals surface area contributed by atoms with E-state index in [1.807, 2.05) is 30.0 Å². The summed E-state index contributed by atoms with van der Waals surface area (Å²) in [5.74, 6) is 2.17. The number of hydrogen-bond acceptors (Lipinski definition) is 6. The Bertz CT molecular complexity index is 1040. The van der Waals surface area contributed by atoms with Crippen LogP contribution >= 0.6 is 0 Å². The maximum atomic E-state index is 13.1. The molecule has 3 aromatic rings. The normalized spacial score (nSPS) is 21.0. The largest absolute Gasteiger partial charge is 0.355 e. The summed E-state index contributed by atoms with van der Waals surface area (Å²) in [6.45, 7) is 6.40. The third kappa shape index (κ3) is 3.44. The lowest BCUT2D eigenvalue weighted by atomic mass is 9.83. The van der Waals surface area contributed by atoms with E-state index in [4.69, 9.17) is 0 Å². The van der Waals surface area contributed by atoms with Gasteiger partial charge in [0.25, 0.3) is 5.56 Å². The second-order valence-corrected chi connectivity index (χ2v) is 7.96. The van der Waals surface area contributed by atoms with Crippen LogP contribution in [0.3, 0.4) is 0 Å². The summed E-state index contributed by atoms with van der Waals surface area (Å²) in [7, 11) is 0. The van der Waals surface area contributed by atoms with E-state index < -0.39 is 0 Å². The third-order valence-corrected chi connectivity index (χ3v) is 5.88. The number of nitrogens with one attached hydrogen (secondary N) is 2. The highest BCUT2D eigenvalue weighted by molar-refractivity contribution is 5.53. The van der Waals surface area contributed by atoms with E-state index in [9.17, 15) is 4.79 Å². The molecule has 29 heavy (non-hydrogen) atoms. The van der Waals surface area contributed by atoms with Gasteiger partial charge in [-0.05, 0) is 31.4 Å². The van der Waals surface area contributed by atoms with E-state index in [0.29, 0.717) is 29.2 Å². The van der Waals surface area contributed by atoms with E-state index in [2.05, 4.69) is 36.2 Å². The van der Waals surface area contributed by atoms with Crippen molar-refractivity contribution in [2.75, 3.05) is 25.0 Å². The lowest BCUT2D eigenvalue weighted by molar-refractivity contribution is 0.114. The predicted octanol–water partition coefficient (Wildman–Crippen LogP) is 2.08. The summed E-state index contributed by atoms with van der Waals surface area (Å²) in [6, 6.07) is 4.03. The van der Waals surface area contributed by atoms with Crippen molar-refractivity contribution in [3.8, 4) is 11.4 Å². The zero-order valence-corrected chi connectivity index (χ0v) is 16.5. The number of piperidine rings is 1. The minimum absolute atomic E-state index is 0.0630. The average molecular weight is 391 g/mol. The number of fused-ring (bicyclic) bond motifs is 4. The van der Waals surface area contributed by atoms with Gasteiger partial charge in [-0.15, -0.1) is 0 Å². The van der Waals surface area contributed by atoms with Crippen molar-refractivity contribution in [1.29, 1.82) is 0 Å². The monoisotopic (exact) mass is 391 g/mol. The molecule has 150 valence electrons. The summed E-state index contributed by atoms with van der Waals surface area (Å²) >= 11 is 0. The Kier molecular flexibility index (Phi) is 4.63. The van der Waals surface area contributed by atoms with Crippen molar-refractivity contribution >= 4 is 5.95 Å². The first kappa shape index (κ1) is 18.1. The van der Waals surface area contributed by atoms with E-state index in [1.165, 1.54) is 0 Å². The van der Waals surface area contributed by atoms with E-state index >= 15 is 0 Å². The van der Waals surface area contributed by atoms with Crippen molar-refractivity contribution in [3.05, 3.63) is 58.5 Å². The van der Waals surface area contributed by atoms with Gasteiger partial charge >= 0.3 is 0 Å². The van der Waals surface area contributed by atoms with Crippen LogP contribution in [0.2, 0.25) is 0 Å². The second-order valence-electron chi connectivity index (χ2n) is 7.96. The van der Waals surface area contributed by atoms with Crippen LogP contribution in [-0.2, 0) is 13.1 Å². The molecule has 0 amide bonds. The Labute approximate surface area is 169 Å². The first-order valence-electron chi connectivity index (χ1n) is 10.2. The molecule has 5 heterocycles. The molecule has 0 aromatic carbocycles. The zero-order valence-electron chi connectivity index (χ0n) is 16.5. The Balaban J connectivity index is 1.36. The summed E-state index contributed by atoms with van der Waals surface area (Å²) in [6.07, 6.45) is 8.39. The lowest BCUT2D eigenvalue weighted by Crippen LogP contribution is -2.47. The molecule has 0 saturated carbocycles. The number of anilines is 1. The van der Waals surface area contributed by atoms with Crippen LogP contribution in [0.4, 0.5) is 5.95 Å². The molecule has 1 saturated heterocycles. The summed E-state index contributed by atoms with van der Waals surface area (Å²) < 4.78 is 1.97. The Morgan fingerprint density at radius 3 is 2.79 bits per heavy atom. The van der Waals surface area contributed by atoms with Crippen molar-refractivity contribution < 1.29 is 0 Å². The number of likely N-dealkylation sites (tertiary alicyclic amines) is 1. The van der Waals surface area contributed by atoms with Gasteiger partial charge in [0.2, 0.25) is 5.95 Å². The van der Waals surface area contributed by atoms with Gasteiger partial charge in [-0.3, -0.25) is 9.69 Å². The molecule has 2 bridgehead atoms. The lowest BCUT2D eigenvalue weighted by Gasteiger charge is -2.42. The maximum Gasteiger partial charge on any atom is 0.261 e. The van der Waals surface area contributed by atoms with Crippen LogP contribution in [0.25, 0.3) is 11.4 Å². The van der Waals surface area contributed by atoms with Gasteiger partial charge in [0.05, 0.1) is 5.56 Å². The van der Waals surface area contributed by atoms with Crippen molar-refractivity contribution in [2.24, 2.45) is 5.92 Å². The number of nitrogens with zero attached hydrogens (tertiary/aromatic N) is 5. The van der Waals surface area contributed by atoms with Gasteiger partial charge < -0.3 is 14.9 Å². The van der Waals surface area contributed by atoms with E-state index in [0.717, 1.165) is 50.4 Å². The summed E-state index contributed by atoms with van der Waals surface area (Å²) in [5, 5.41) is 3.13. The molecule has 2 aliphatic rings. The molecule has 8 heteroatoms. The topological polar surface area (TPSA) is 91.7 Å². The molecule has 1 fully saturated rings. The smallest absolute Gasteiger partial charge is 0.261 e. The minimum atomic E-state index is 0.0630. The molecule has 2 aliphatic heterocycles. The SMILES string of the molecule is CCNc1ncc(CN2C[C@@H]3C[C@H](C2)c2ccc(-c4ncc[nH]4)c(=O)n2C3)cn1. The first-order valence-corrected chi connectivity index (χ1v) is 10.2. The molecular weight excluding hydrogens is 366 g/mol. The number of aromatic nitrogens is 5. The highest BCUT2D eigenvalue weighted by Crippen LogP contribution is 2.36. The van der Waals surface area contributed by atoms with Gasteiger partial charge in [0.1, 0.15) is 5.82 Å². The van der Waals surface area contributed by atoms with Crippen molar-refractivity contribution in [1.82, 2.24) is 29.4 Å². The Morgan fingerprint density at radius 1 is 1.17 bits per heavy atom. The molecule has 8 nitrogen and oxygen atoms in total. The number of imidazole rings is 1. The van der Waals surface area contributed by atoms with Gasteiger partial charge in [0, 0.05) is 74.7 Å². The first-order chi connectivity index (χ1) is 14.2. The molecule has 0 aliphatic carbocycles. The molecule has 0 radical (unpaired) electrons. The molecule has 0 spiro atoms. The maximum absolute atomic E-state index is 13.1. The number of hydrogen-bond donors (Lipinski definition) is 2. The third-order valence-electron chi connectivity index (χ3n) is 5.88. The fourth-order valence-electron chi connectivity index (χ4n) is 4.71. The van der Waals surface area contributed by atoms with Crippen molar-refractivity contribution in [3.63, 3.8) is 0 Å².